The molecule has 0 aliphatic heterocycles. The minimum Gasteiger partial charge on any atom is -0.466 e. The van der Waals surface area contributed by atoms with Crippen molar-refractivity contribution >= 4 is 11.9 Å². The lowest BCUT2D eigenvalue weighted by Gasteiger charge is -2.22. The average Bonchev–Trinajstić information content (AvgIpc) is 3.25. The Morgan fingerprint density at radius 2 is 0.850 bits per heavy atom. The van der Waals surface area contributed by atoms with Crippen LogP contribution >= 0.6 is 0 Å². The van der Waals surface area contributed by atoms with E-state index >= 15 is 0 Å². The molecule has 0 aliphatic carbocycles. The zero-order valence-electron chi connectivity index (χ0n) is 39.7. The van der Waals surface area contributed by atoms with Crippen molar-refractivity contribution < 1.29 is 24.5 Å². The fraction of sp³-hybridized carbons (Fsp3) is 0.815. The highest BCUT2D eigenvalue weighted by Crippen LogP contribution is 2.15. The molecule has 0 heterocycles. The van der Waals surface area contributed by atoms with Crippen LogP contribution in [0.3, 0.4) is 0 Å². The molecule has 2 atom stereocenters. The summed E-state index contributed by atoms with van der Waals surface area (Å²) in [5.41, 5.74) is 0. The minimum atomic E-state index is -0.700. The molecule has 0 fully saturated rings. The van der Waals surface area contributed by atoms with Crippen LogP contribution in [-0.4, -0.2) is 47.4 Å². The first-order chi connectivity index (χ1) is 29.5. The Hall–Kier alpha value is -2.18. The first-order valence-electron chi connectivity index (χ1n) is 25.9. The molecule has 2 unspecified atom stereocenters. The third kappa shape index (κ3) is 45.3. The number of allylic oxidation sites excluding steroid dienone is 8. The van der Waals surface area contributed by atoms with Crippen molar-refractivity contribution in [2.75, 3.05) is 13.2 Å². The van der Waals surface area contributed by atoms with E-state index in [1.54, 1.807) is 0 Å². The number of rotatable bonds is 47. The Labute approximate surface area is 372 Å². The Morgan fingerprint density at radius 1 is 0.467 bits per heavy atom. The number of hydrogen-bond donors (Lipinski definition) is 3. The Bertz CT molecular complexity index is 1020. The van der Waals surface area contributed by atoms with Gasteiger partial charge in [0.1, 0.15) is 0 Å². The second-order valence-electron chi connectivity index (χ2n) is 17.5. The van der Waals surface area contributed by atoms with E-state index in [-0.39, 0.29) is 18.5 Å². The van der Waals surface area contributed by atoms with Crippen LogP contribution in [0.5, 0.6) is 0 Å². The monoisotopic (exact) mass is 842 g/mol. The van der Waals surface area contributed by atoms with Gasteiger partial charge in [-0.1, -0.05) is 217 Å². The van der Waals surface area contributed by atoms with Crippen LogP contribution in [0, 0.1) is 0 Å². The molecule has 0 rings (SSSR count). The molecule has 3 N–H and O–H groups in total. The van der Waals surface area contributed by atoms with Gasteiger partial charge in [0.25, 0.3) is 0 Å². The predicted octanol–water partition coefficient (Wildman–Crippen LogP) is 15.5. The van der Waals surface area contributed by atoms with Gasteiger partial charge in [-0.3, -0.25) is 9.59 Å². The van der Waals surface area contributed by atoms with Crippen LogP contribution in [0.4, 0.5) is 0 Å². The van der Waals surface area contributed by atoms with Crippen molar-refractivity contribution in [2.24, 2.45) is 0 Å². The molecule has 0 aromatic carbocycles. The molecular weight excluding hydrogens is 743 g/mol. The number of nitrogens with one attached hydrogen (secondary N) is 1. The summed E-state index contributed by atoms with van der Waals surface area (Å²) in [6.45, 7) is 4.85. The van der Waals surface area contributed by atoms with E-state index in [1.165, 1.54) is 154 Å². The third-order valence-electron chi connectivity index (χ3n) is 11.6. The molecule has 60 heavy (non-hydrogen) atoms. The minimum absolute atomic E-state index is 0.0317. The number of aliphatic hydroxyl groups excluding tert-OH is 2. The van der Waals surface area contributed by atoms with Crippen molar-refractivity contribution in [1.82, 2.24) is 5.32 Å². The van der Waals surface area contributed by atoms with Crippen molar-refractivity contribution in [2.45, 2.75) is 270 Å². The van der Waals surface area contributed by atoms with Gasteiger partial charge in [0.2, 0.25) is 5.91 Å². The number of aliphatic hydroxyl groups is 2. The quantitative estimate of drug-likeness (QED) is 0.0322. The van der Waals surface area contributed by atoms with Crippen LogP contribution in [0.25, 0.3) is 0 Å². The van der Waals surface area contributed by atoms with Gasteiger partial charge in [0, 0.05) is 12.8 Å². The van der Waals surface area contributed by atoms with Gasteiger partial charge in [-0.05, 0) is 77.0 Å². The van der Waals surface area contributed by atoms with Gasteiger partial charge in [-0.15, -0.1) is 0 Å². The topological polar surface area (TPSA) is 95.9 Å². The number of unbranched alkanes of at least 4 members (excludes halogenated alkanes) is 28. The van der Waals surface area contributed by atoms with Crippen molar-refractivity contribution in [1.29, 1.82) is 0 Å². The number of hydrogen-bond acceptors (Lipinski definition) is 5. The van der Waals surface area contributed by atoms with Crippen LogP contribution in [0.15, 0.2) is 48.6 Å². The number of ether oxygens (including phenoxy) is 1. The second-order valence-corrected chi connectivity index (χ2v) is 17.5. The van der Waals surface area contributed by atoms with Crippen molar-refractivity contribution in [3.63, 3.8) is 0 Å². The summed E-state index contributed by atoms with van der Waals surface area (Å²) in [6.07, 6.45) is 60.9. The molecule has 350 valence electrons. The summed E-state index contributed by atoms with van der Waals surface area (Å²) in [5.74, 6) is -0.149. The van der Waals surface area contributed by atoms with Crippen LogP contribution in [-0.2, 0) is 14.3 Å². The van der Waals surface area contributed by atoms with Gasteiger partial charge >= 0.3 is 5.97 Å². The summed E-state index contributed by atoms with van der Waals surface area (Å²) in [6, 6.07) is -0.586. The van der Waals surface area contributed by atoms with Gasteiger partial charge in [0.15, 0.2) is 0 Å². The summed E-state index contributed by atoms with van der Waals surface area (Å²) in [4.78, 5) is 24.4. The number of carbonyl (C=O) groups excluding carboxylic acids is 2. The lowest BCUT2D eigenvalue weighted by molar-refractivity contribution is -0.143. The Balaban J connectivity index is 3.57. The maximum absolute atomic E-state index is 12.4. The van der Waals surface area contributed by atoms with Crippen molar-refractivity contribution in [3.05, 3.63) is 48.6 Å². The standard InChI is InChI=1S/C54H99NO5/c1-3-5-7-9-11-13-15-17-19-22-26-30-34-38-42-46-52(57)51(50-56)55-53(58)47-43-39-35-31-27-23-21-25-29-33-37-41-45-49-60-54(59)48-44-40-36-32-28-24-20-18-16-14-12-10-8-6-4-2/h12,14,18,20,23,27,35,39,51-52,56-57H,3-11,13,15-17,19,21-22,24-26,28-34,36-38,40-50H2,1-2H3,(H,55,58)/b14-12-,20-18-,27-23-,39-35-. The fourth-order valence-electron chi connectivity index (χ4n) is 7.60. The molecular formula is C54H99NO5. The molecule has 6 nitrogen and oxygen atoms in total. The number of amides is 1. The average molecular weight is 842 g/mol. The molecule has 0 radical (unpaired) electrons. The molecule has 0 aliphatic rings. The van der Waals surface area contributed by atoms with Crippen LogP contribution in [0.1, 0.15) is 258 Å². The van der Waals surface area contributed by atoms with E-state index in [1.807, 2.05) is 6.08 Å². The molecule has 0 aromatic rings. The third-order valence-corrected chi connectivity index (χ3v) is 11.6. The normalized spacial score (nSPS) is 13.1. The molecule has 1 amide bonds. The zero-order chi connectivity index (χ0) is 43.7. The van der Waals surface area contributed by atoms with E-state index in [9.17, 15) is 19.8 Å². The van der Waals surface area contributed by atoms with Gasteiger partial charge in [-0.25, -0.2) is 0 Å². The highest BCUT2D eigenvalue weighted by molar-refractivity contribution is 5.76. The molecule has 0 saturated heterocycles. The van der Waals surface area contributed by atoms with Gasteiger partial charge in [-0.2, -0.15) is 0 Å². The first-order valence-corrected chi connectivity index (χ1v) is 25.9. The summed E-state index contributed by atoms with van der Waals surface area (Å²) in [7, 11) is 0. The number of esters is 1. The highest BCUT2D eigenvalue weighted by atomic mass is 16.5. The lowest BCUT2D eigenvalue weighted by Crippen LogP contribution is -2.45. The maximum Gasteiger partial charge on any atom is 0.305 e. The van der Waals surface area contributed by atoms with E-state index in [0.29, 0.717) is 32.3 Å². The van der Waals surface area contributed by atoms with E-state index in [2.05, 4.69) is 61.7 Å². The number of carbonyl (C=O) groups is 2. The van der Waals surface area contributed by atoms with Gasteiger partial charge < -0.3 is 20.3 Å². The Morgan fingerprint density at radius 3 is 1.33 bits per heavy atom. The predicted molar refractivity (Wildman–Crippen MR) is 259 cm³/mol. The summed E-state index contributed by atoms with van der Waals surface area (Å²) >= 11 is 0. The molecule has 0 aromatic heterocycles. The smallest absolute Gasteiger partial charge is 0.305 e. The van der Waals surface area contributed by atoms with Crippen LogP contribution in [0.2, 0.25) is 0 Å². The lowest BCUT2D eigenvalue weighted by atomic mass is 10.0. The molecule has 6 heteroatoms. The SMILES string of the molecule is CCCCC/C=C\C/C=C\CCCCCCCC(=O)OCCCCCCCC/C=C\C/C=C\CCC(=O)NC(CO)C(O)CCCCCCCCCCCCCCCCC. The van der Waals surface area contributed by atoms with Crippen molar-refractivity contribution in [3.8, 4) is 0 Å². The van der Waals surface area contributed by atoms with E-state index in [0.717, 1.165) is 64.2 Å². The summed E-state index contributed by atoms with van der Waals surface area (Å²) in [5, 5.41) is 23.1. The summed E-state index contributed by atoms with van der Waals surface area (Å²) < 4.78 is 5.44. The fourth-order valence-corrected chi connectivity index (χ4v) is 7.60. The zero-order valence-corrected chi connectivity index (χ0v) is 39.7. The van der Waals surface area contributed by atoms with Gasteiger partial charge in [0.05, 0.1) is 25.4 Å². The molecule has 0 saturated carbocycles. The first kappa shape index (κ1) is 57.8. The molecule has 0 spiro atoms. The van der Waals surface area contributed by atoms with E-state index in [4.69, 9.17) is 4.74 Å². The highest BCUT2D eigenvalue weighted by Gasteiger charge is 2.19. The second kappa shape index (κ2) is 49.5. The van der Waals surface area contributed by atoms with E-state index < -0.39 is 12.1 Å². The van der Waals surface area contributed by atoms with Crippen LogP contribution < -0.4 is 5.32 Å². The maximum atomic E-state index is 12.4. The molecule has 0 bridgehead atoms. The Kier molecular flexibility index (Phi) is 47.7. The largest absolute Gasteiger partial charge is 0.466 e.